The summed E-state index contributed by atoms with van der Waals surface area (Å²) in [5, 5.41) is 20.2. The number of rotatable bonds is 5. The summed E-state index contributed by atoms with van der Waals surface area (Å²) < 4.78 is 0.823. The Balaban J connectivity index is 1.53. The second-order valence-electron chi connectivity index (χ2n) is 5.28. The molecule has 1 amide bonds. The molecule has 2 atom stereocenters. The van der Waals surface area contributed by atoms with Crippen LogP contribution in [0.25, 0.3) is 0 Å². The number of benzene rings is 1. The van der Waals surface area contributed by atoms with Gasteiger partial charge < -0.3 is 5.32 Å². The molecule has 1 N–H and O–H groups in total. The molecule has 112 valence electrons. The molecule has 3 rings (SSSR count). The summed E-state index contributed by atoms with van der Waals surface area (Å²) >= 11 is 2.96. The van der Waals surface area contributed by atoms with Crippen LogP contribution in [0.3, 0.4) is 0 Å². The van der Waals surface area contributed by atoms with Crippen LogP contribution >= 0.6 is 23.1 Å². The van der Waals surface area contributed by atoms with Gasteiger partial charge in [-0.3, -0.25) is 4.79 Å². The topological polar surface area (TPSA) is 78.7 Å². The first-order valence-corrected chi connectivity index (χ1v) is 8.72. The number of carbonyl (C=O) groups is 1. The second-order valence-corrected chi connectivity index (χ2v) is 7.48. The van der Waals surface area contributed by atoms with Crippen LogP contribution in [0.2, 0.25) is 0 Å². The lowest BCUT2D eigenvalue weighted by Gasteiger charge is -1.98. The van der Waals surface area contributed by atoms with Crippen molar-refractivity contribution in [1.82, 2.24) is 10.2 Å². The van der Waals surface area contributed by atoms with Gasteiger partial charge in [-0.25, -0.2) is 0 Å². The first kappa shape index (κ1) is 15.0. The number of aromatic nitrogens is 2. The highest BCUT2D eigenvalue weighted by Crippen LogP contribution is 2.39. The minimum atomic E-state index is 0.0484. The molecule has 0 saturated heterocycles. The number of hydrogen-bond acceptors (Lipinski definition) is 6. The Morgan fingerprint density at radius 1 is 1.45 bits per heavy atom. The quantitative estimate of drug-likeness (QED) is 0.672. The molecule has 1 aliphatic carbocycles. The molecule has 1 aromatic carbocycles. The van der Waals surface area contributed by atoms with E-state index in [2.05, 4.69) is 28.5 Å². The summed E-state index contributed by atoms with van der Waals surface area (Å²) in [5.41, 5.74) is 1.78. The Labute approximate surface area is 136 Å². The van der Waals surface area contributed by atoms with Gasteiger partial charge in [-0.1, -0.05) is 42.2 Å². The lowest BCUT2D eigenvalue weighted by Crippen LogP contribution is -2.14. The largest absolute Gasteiger partial charge is 0.300 e. The zero-order chi connectivity index (χ0) is 15.5. The highest BCUT2D eigenvalue weighted by atomic mass is 32.2. The van der Waals surface area contributed by atoms with Gasteiger partial charge in [0.15, 0.2) is 4.34 Å². The monoisotopic (exact) mass is 330 g/mol. The molecule has 7 heteroatoms. The zero-order valence-corrected chi connectivity index (χ0v) is 13.6. The van der Waals surface area contributed by atoms with Gasteiger partial charge in [-0.15, -0.1) is 10.2 Å². The van der Waals surface area contributed by atoms with E-state index in [0.29, 0.717) is 16.6 Å². The van der Waals surface area contributed by atoms with Crippen LogP contribution in [0.15, 0.2) is 28.6 Å². The van der Waals surface area contributed by atoms with E-state index in [0.717, 1.165) is 22.1 Å². The highest BCUT2D eigenvalue weighted by Gasteiger charge is 2.39. The van der Waals surface area contributed by atoms with Crippen molar-refractivity contribution >= 4 is 34.1 Å². The highest BCUT2D eigenvalue weighted by molar-refractivity contribution is 8.00. The summed E-state index contributed by atoms with van der Waals surface area (Å²) in [7, 11) is 0. The number of nitrogens with zero attached hydrogens (tertiary/aromatic N) is 3. The number of thioether (sulfide) groups is 1. The first-order valence-electron chi connectivity index (χ1n) is 6.92. The van der Waals surface area contributed by atoms with Gasteiger partial charge in [0.1, 0.15) is 0 Å². The van der Waals surface area contributed by atoms with Crippen LogP contribution in [0.5, 0.6) is 0 Å². The number of hydrogen-bond donors (Lipinski definition) is 1. The van der Waals surface area contributed by atoms with Crippen LogP contribution in [-0.2, 0) is 10.5 Å². The maximum absolute atomic E-state index is 11.8. The first-order chi connectivity index (χ1) is 10.7. The van der Waals surface area contributed by atoms with Crippen LogP contribution < -0.4 is 5.32 Å². The molecule has 5 nitrogen and oxygen atoms in total. The molecule has 2 unspecified atom stereocenters. The lowest BCUT2D eigenvalue weighted by atomic mass is 10.2. The number of nitriles is 1. The van der Waals surface area contributed by atoms with E-state index in [4.69, 9.17) is 5.26 Å². The molecule has 1 saturated carbocycles. The van der Waals surface area contributed by atoms with Crippen molar-refractivity contribution in [2.75, 3.05) is 5.32 Å². The molecular weight excluding hydrogens is 316 g/mol. The molecule has 1 heterocycles. The van der Waals surface area contributed by atoms with Crippen LogP contribution in [0, 0.1) is 23.2 Å². The summed E-state index contributed by atoms with van der Waals surface area (Å²) in [6, 6.07) is 9.58. The molecular formula is C15H14N4OS2. The summed E-state index contributed by atoms with van der Waals surface area (Å²) in [6.45, 7) is 2.07. The summed E-state index contributed by atoms with van der Waals surface area (Å²) in [5.74, 6) is 1.43. The van der Waals surface area contributed by atoms with E-state index < -0.39 is 0 Å². The molecule has 1 fully saturated rings. The molecule has 1 aliphatic rings. The van der Waals surface area contributed by atoms with E-state index in [1.165, 1.54) is 11.3 Å². The number of anilines is 1. The lowest BCUT2D eigenvalue weighted by molar-refractivity contribution is -0.117. The Kier molecular flexibility index (Phi) is 4.41. The Morgan fingerprint density at radius 2 is 2.18 bits per heavy atom. The smallest absolute Gasteiger partial charge is 0.229 e. The van der Waals surface area contributed by atoms with Gasteiger partial charge in [-0.05, 0) is 30.0 Å². The van der Waals surface area contributed by atoms with E-state index in [1.807, 2.05) is 12.1 Å². The van der Waals surface area contributed by atoms with E-state index in [-0.39, 0.29) is 11.8 Å². The van der Waals surface area contributed by atoms with Gasteiger partial charge in [0.05, 0.1) is 11.6 Å². The minimum absolute atomic E-state index is 0.0484. The van der Waals surface area contributed by atoms with Gasteiger partial charge >= 0.3 is 0 Å². The van der Waals surface area contributed by atoms with Crippen molar-refractivity contribution in [2.24, 2.45) is 11.8 Å². The Bertz CT molecular complexity index is 720. The van der Waals surface area contributed by atoms with E-state index >= 15 is 0 Å². The summed E-state index contributed by atoms with van der Waals surface area (Å²) in [6.07, 6.45) is 0.963. The van der Waals surface area contributed by atoms with Crippen LogP contribution in [0.1, 0.15) is 24.5 Å². The standard InChI is InChI=1S/C15H14N4OS2/c1-9-6-12(9)13(20)17-14-18-19-15(22-14)21-8-11-4-2-10(7-16)3-5-11/h2-5,9,12H,6,8H2,1H3,(H,17,18,20). The third kappa shape index (κ3) is 3.64. The average Bonchev–Trinajstić information content (AvgIpc) is 3.10. The van der Waals surface area contributed by atoms with Crippen molar-refractivity contribution in [3.8, 4) is 6.07 Å². The summed E-state index contributed by atoms with van der Waals surface area (Å²) in [4.78, 5) is 11.8. The maximum Gasteiger partial charge on any atom is 0.229 e. The van der Waals surface area contributed by atoms with Crippen molar-refractivity contribution in [2.45, 2.75) is 23.4 Å². The fourth-order valence-corrected chi connectivity index (χ4v) is 3.74. The van der Waals surface area contributed by atoms with E-state index in [1.54, 1.807) is 23.9 Å². The zero-order valence-electron chi connectivity index (χ0n) is 11.9. The van der Waals surface area contributed by atoms with Gasteiger partial charge in [0.25, 0.3) is 0 Å². The number of carbonyl (C=O) groups excluding carboxylic acids is 1. The van der Waals surface area contributed by atoms with Crippen LogP contribution in [0.4, 0.5) is 5.13 Å². The van der Waals surface area contributed by atoms with Crippen molar-refractivity contribution in [3.05, 3.63) is 35.4 Å². The fourth-order valence-electron chi connectivity index (χ4n) is 2.02. The van der Waals surface area contributed by atoms with Gasteiger partial charge in [0, 0.05) is 11.7 Å². The van der Waals surface area contributed by atoms with Gasteiger partial charge in [0.2, 0.25) is 11.0 Å². The molecule has 1 aromatic heterocycles. The van der Waals surface area contributed by atoms with Crippen molar-refractivity contribution < 1.29 is 4.79 Å². The SMILES string of the molecule is CC1CC1C(=O)Nc1nnc(SCc2ccc(C#N)cc2)s1. The van der Waals surface area contributed by atoms with Gasteiger partial charge in [-0.2, -0.15) is 5.26 Å². The number of nitrogens with one attached hydrogen (secondary N) is 1. The van der Waals surface area contributed by atoms with E-state index in [9.17, 15) is 4.79 Å². The Morgan fingerprint density at radius 3 is 2.82 bits per heavy atom. The average molecular weight is 330 g/mol. The third-order valence-corrected chi connectivity index (χ3v) is 5.57. The number of amides is 1. The predicted molar refractivity (Wildman–Crippen MR) is 86.5 cm³/mol. The molecule has 0 spiro atoms. The van der Waals surface area contributed by atoms with Crippen molar-refractivity contribution in [3.63, 3.8) is 0 Å². The molecule has 2 aromatic rings. The third-order valence-electron chi connectivity index (χ3n) is 3.53. The molecule has 22 heavy (non-hydrogen) atoms. The normalized spacial score (nSPS) is 19.5. The van der Waals surface area contributed by atoms with Crippen LogP contribution in [-0.4, -0.2) is 16.1 Å². The maximum atomic E-state index is 11.8. The second kappa shape index (κ2) is 6.46. The molecule has 0 radical (unpaired) electrons. The Hall–Kier alpha value is -1.91. The van der Waals surface area contributed by atoms with Crippen molar-refractivity contribution in [1.29, 1.82) is 5.26 Å². The molecule has 0 bridgehead atoms. The predicted octanol–water partition coefficient (Wildman–Crippen LogP) is 3.30. The molecule has 0 aliphatic heterocycles. The fraction of sp³-hybridized carbons (Fsp3) is 0.333. The minimum Gasteiger partial charge on any atom is -0.300 e.